The molecule has 17 heavy (non-hydrogen) atoms. The van der Waals surface area contributed by atoms with Gasteiger partial charge in [-0.15, -0.1) is 0 Å². The summed E-state index contributed by atoms with van der Waals surface area (Å²) in [6.07, 6.45) is 5.28. The summed E-state index contributed by atoms with van der Waals surface area (Å²) in [4.78, 5) is 0.345. The third-order valence-electron chi connectivity index (χ3n) is 3.54. The molecule has 1 aromatic carbocycles. The van der Waals surface area contributed by atoms with Gasteiger partial charge in [0, 0.05) is 0 Å². The fraction of sp³-hybridized carbons (Fsp3) is 0.538. The summed E-state index contributed by atoms with van der Waals surface area (Å²) in [7, 11) is -3.36. The van der Waals surface area contributed by atoms with Crippen molar-refractivity contribution >= 4 is 9.84 Å². The van der Waals surface area contributed by atoms with Gasteiger partial charge in [0.25, 0.3) is 0 Å². The molecule has 0 aliphatic heterocycles. The summed E-state index contributed by atoms with van der Waals surface area (Å²) < 4.78 is 24.6. The molecule has 1 aliphatic carbocycles. The number of rotatable bonds is 3. The van der Waals surface area contributed by atoms with Crippen LogP contribution in [0.4, 0.5) is 0 Å². The van der Waals surface area contributed by atoms with Gasteiger partial charge < -0.3 is 5.73 Å². The first-order chi connectivity index (χ1) is 8.12. The quantitative estimate of drug-likeness (QED) is 0.899. The molecule has 1 atom stereocenters. The molecule has 0 aromatic heterocycles. The molecule has 0 saturated heterocycles. The van der Waals surface area contributed by atoms with E-state index in [0.717, 1.165) is 25.7 Å². The van der Waals surface area contributed by atoms with Crippen LogP contribution in [0, 0.1) is 5.92 Å². The van der Waals surface area contributed by atoms with Gasteiger partial charge in [0.1, 0.15) is 5.37 Å². The normalized spacial score (nSPS) is 20.1. The fourth-order valence-electron chi connectivity index (χ4n) is 2.48. The van der Waals surface area contributed by atoms with Crippen molar-refractivity contribution in [2.24, 2.45) is 11.7 Å². The molecule has 0 bridgehead atoms. The second kappa shape index (κ2) is 5.19. The molecule has 3 nitrogen and oxygen atoms in total. The number of hydrogen-bond donors (Lipinski definition) is 1. The Labute approximate surface area is 103 Å². The lowest BCUT2D eigenvalue weighted by Crippen LogP contribution is -2.39. The molecule has 1 aromatic rings. The molecule has 4 heteroatoms. The summed E-state index contributed by atoms with van der Waals surface area (Å²) in [5, 5.41) is -0.745. The Bertz CT molecular complexity index is 450. The molecule has 2 rings (SSSR count). The summed E-state index contributed by atoms with van der Waals surface area (Å²) >= 11 is 0. The molecule has 2 N–H and O–H groups in total. The van der Waals surface area contributed by atoms with Gasteiger partial charge in [-0.25, -0.2) is 8.42 Å². The van der Waals surface area contributed by atoms with Gasteiger partial charge in [0.15, 0.2) is 9.84 Å². The van der Waals surface area contributed by atoms with Crippen LogP contribution in [0.1, 0.15) is 32.1 Å². The van der Waals surface area contributed by atoms with E-state index in [1.807, 2.05) is 6.07 Å². The lowest BCUT2D eigenvalue weighted by atomic mass is 9.89. The highest BCUT2D eigenvalue weighted by Gasteiger charge is 2.31. The van der Waals surface area contributed by atoms with Crippen molar-refractivity contribution in [1.82, 2.24) is 0 Å². The minimum absolute atomic E-state index is 0.119. The zero-order chi connectivity index (χ0) is 12.3. The van der Waals surface area contributed by atoms with Crippen molar-refractivity contribution in [3.05, 3.63) is 30.3 Å². The maximum Gasteiger partial charge on any atom is 0.194 e. The summed E-state index contributed by atoms with van der Waals surface area (Å²) in [6.45, 7) is 0. The second-order valence-corrected chi connectivity index (χ2v) is 6.83. The van der Waals surface area contributed by atoms with Gasteiger partial charge >= 0.3 is 0 Å². The van der Waals surface area contributed by atoms with Crippen LogP contribution in [-0.4, -0.2) is 13.8 Å². The van der Waals surface area contributed by atoms with Crippen LogP contribution in [0.5, 0.6) is 0 Å². The molecule has 1 unspecified atom stereocenters. The van der Waals surface area contributed by atoms with Gasteiger partial charge in [-0.1, -0.05) is 37.5 Å². The molecule has 1 aliphatic rings. The van der Waals surface area contributed by atoms with Crippen molar-refractivity contribution in [3.63, 3.8) is 0 Å². The minimum Gasteiger partial charge on any atom is -0.315 e. The predicted molar refractivity (Wildman–Crippen MR) is 68.2 cm³/mol. The van der Waals surface area contributed by atoms with E-state index < -0.39 is 15.2 Å². The molecule has 0 amide bonds. The zero-order valence-electron chi connectivity index (χ0n) is 9.88. The first-order valence-corrected chi connectivity index (χ1v) is 7.71. The third-order valence-corrected chi connectivity index (χ3v) is 5.58. The summed E-state index contributed by atoms with van der Waals surface area (Å²) in [6, 6.07) is 8.53. The van der Waals surface area contributed by atoms with Crippen LogP contribution in [-0.2, 0) is 9.84 Å². The molecular formula is C13H19NO2S. The molecule has 94 valence electrons. The molecule has 0 spiro atoms. The van der Waals surface area contributed by atoms with Crippen molar-refractivity contribution in [2.45, 2.75) is 42.4 Å². The van der Waals surface area contributed by atoms with Crippen LogP contribution >= 0.6 is 0 Å². The van der Waals surface area contributed by atoms with Gasteiger partial charge in [0.05, 0.1) is 4.90 Å². The lowest BCUT2D eigenvalue weighted by molar-refractivity contribution is 0.343. The highest BCUT2D eigenvalue weighted by atomic mass is 32.2. The highest BCUT2D eigenvalue weighted by molar-refractivity contribution is 7.92. The maximum atomic E-state index is 12.3. The number of sulfone groups is 1. The highest BCUT2D eigenvalue weighted by Crippen LogP contribution is 2.29. The van der Waals surface area contributed by atoms with E-state index in [1.165, 1.54) is 6.42 Å². The minimum atomic E-state index is -3.36. The molecule has 0 heterocycles. The fourth-order valence-corrected chi connectivity index (χ4v) is 4.11. The number of benzene rings is 1. The predicted octanol–water partition coefficient (Wildman–Crippen LogP) is 2.33. The van der Waals surface area contributed by atoms with Crippen LogP contribution in [0.15, 0.2) is 35.2 Å². The number of nitrogens with two attached hydrogens (primary N) is 1. The van der Waals surface area contributed by atoms with E-state index in [1.54, 1.807) is 24.3 Å². The largest absolute Gasteiger partial charge is 0.315 e. The van der Waals surface area contributed by atoms with Crippen LogP contribution < -0.4 is 5.73 Å². The standard InChI is InChI=1S/C13H19NO2S/c14-13(11-7-3-1-4-8-11)17(15,16)12-9-5-2-6-10-12/h2,5-6,9-11,13H,1,3-4,7-8,14H2. The van der Waals surface area contributed by atoms with Crippen molar-refractivity contribution in [3.8, 4) is 0 Å². The van der Waals surface area contributed by atoms with Crippen LogP contribution in [0.2, 0.25) is 0 Å². The molecule has 1 fully saturated rings. The SMILES string of the molecule is NC(C1CCCCC1)S(=O)(=O)c1ccccc1. The third kappa shape index (κ3) is 2.69. The van der Waals surface area contributed by atoms with Gasteiger partial charge in [-0.05, 0) is 30.9 Å². The van der Waals surface area contributed by atoms with Crippen molar-refractivity contribution in [1.29, 1.82) is 0 Å². The summed E-state index contributed by atoms with van der Waals surface area (Å²) in [5.74, 6) is 0.119. The summed E-state index contributed by atoms with van der Waals surface area (Å²) in [5.41, 5.74) is 5.97. The van der Waals surface area contributed by atoms with Crippen LogP contribution in [0.3, 0.4) is 0 Å². The van der Waals surface area contributed by atoms with E-state index in [-0.39, 0.29) is 5.92 Å². The first kappa shape index (κ1) is 12.6. The Hall–Kier alpha value is -0.870. The molecule has 1 saturated carbocycles. The molecular weight excluding hydrogens is 234 g/mol. The lowest BCUT2D eigenvalue weighted by Gasteiger charge is -2.27. The monoisotopic (exact) mass is 253 g/mol. The Kier molecular flexibility index (Phi) is 3.84. The average Bonchev–Trinajstić information content (AvgIpc) is 2.40. The number of hydrogen-bond acceptors (Lipinski definition) is 3. The van der Waals surface area contributed by atoms with Gasteiger partial charge in [0.2, 0.25) is 0 Å². The smallest absolute Gasteiger partial charge is 0.194 e. The van der Waals surface area contributed by atoms with E-state index in [9.17, 15) is 8.42 Å². The van der Waals surface area contributed by atoms with E-state index in [2.05, 4.69) is 0 Å². The van der Waals surface area contributed by atoms with Crippen molar-refractivity contribution < 1.29 is 8.42 Å². The second-order valence-electron chi connectivity index (χ2n) is 4.72. The van der Waals surface area contributed by atoms with Crippen molar-refractivity contribution in [2.75, 3.05) is 0 Å². The average molecular weight is 253 g/mol. The topological polar surface area (TPSA) is 60.2 Å². The maximum absolute atomic E-state index is 12.3. The van der Waals surface area contributed by atoms with E-state index in [0.29, 0.717) is 4.90 Å². The molecule has 0 radical (unpaired) electrons. The van der Waals surface area contributed by atoms with E-state index >= 15 is 0 Å². The van der Waals surface area contributed by atoms with E-state index in [4.69, 9.17) is 5.73 Å². The zero-order valence-corrected chi connectivity index (χ0v) is 10.7. The van der Waals surface area contributed by atoms with Crippen LogP contribution in [0.25, 0.3) is 0 Å². The Morgan fingerprint density at radius 2 is 1.65 bits per heavy atom. The Morgan fingerprint density at radius 3 is 2.24 bits per heavy atom. The Morgan fingerprint density at radius 1 is 1.06 bits per heavy atom. The Balaban J connectivity index is 2.20. The first-order valence-electron chi connectivity index (χ1n) is 6.17. The van der Waals surface area contributed by atoms with Gasteiger partial charge in [-0.3, -0.25) is 0 Å². The van der Waals surface area contributed by atoms with Gasteiger partial charge in [-0.2, -0.15) is 0 Å².